The number of carbonyl (C=O) groups excluding carboxylic acids is 1. The van der Waals surface area contributed by atoms with Gasteiger partial charge in [0.05, 0.1) is 18.9 Å². The second-order valence-electron chi connectivity index (χ2n) is 6.11. The molecule has 2 rings (SSSR count). The molecular weight excluding hydrogens is 328 g/mol. The lowest BCUT2D eigenvalue weighted by atomic mass is 10.0. The average molecular weight is 352 g/mol. The van der Waals surface area contributed by atoms with Crippen LogP contribution in [0.2, 0.25) is 0 Å². The van der Waals surface area contributed by atoms with Crippen LogP contribution in [0.3, 0.4) is 0 Å². The van der Waals surface area contributed by atoms with Gasteiger partial charge in [-0.25, -0.2) is 12.7 Å². The van der Waals surface area contributed by atoms with Crippen molar-refractivity contribution in [1.29, 1.82) is 0 Å². The molecule has 0 fully saturated rings. The number of aryl methyl sites for hydroxylation is 2. The van der Waals surface area contributed by atoms with Crippen LogP contribution < -0.4 is 5.32 Å². The standard InChI is InChI=1S/C17H24N2O4S/c1-12-6-7-15-14(11-23-17(15)13(12)2)10-16(20)18-8-5-9-19(3)24(4,21)22/h6-7,11H,5,8-10H2,1-4H3,(H,18,20). The Balaban J connectivity index is 1.88. The van der Waals surface area contributed by atoms with Gasteiger partial charge in [0.1, 0.15) is 5.58 Å². The Morgan fingerprint density at radius 1 is 1.29 bits per heavy atom. The zero-order chi connectivity index (χ0) is 17.9. The van der Waals surface area contributed by atoms with E-state index in [4.69, 9.17) is 4.42 Å². The maximum Gasteiger partial charge on any atom is 0.224 e. The van der Waals surface area contributed by atoms with Gasteiger partial charge in [-0.2, -0.15) is 0 Å². The minimum Gasteiger partial charge on any atom is -0.464 e. The highest BCUT2D eigenvalue weighted by atomic mass is 32.2. The number of hydrogen-bond donors (Lipinski definition) is 1. The molecule has 1 aromatic carbocycles. The van der Waals surface area contributed by atoms with Crippen molar-refractivity contribution in [3.05, 3.63) is 35.1 Å². The molecule has 24 heavy (non-hydrogen) atoms. The highest BCUT2D eigenvalue weighted by Crippen LogP contribution is 2.26. The molecule has 0 saturated carbocycles. The summed E-state index contributed by atoms with van der Waals surface area (Å²) in [4.78, 5) is 12.1. The largest absolute Gasteiger partial charge is 0.464 e. The van der Waals surface area contributed by atoms with Crippen LogP contribution in [0.5, 0.6) is 0 Å². The maximum absolute atomic E-state index is 12.1. The number of amides is 1. The molecule has 0 atom stereocenters. The summed E-state index contributed by atoms with van der Waals surface area (Å²) in [6, 6.07) is 4.00. The molecule has 0 bridgehead atoms. The average Bonchev–Trinajstić information content (AvgIpc) is 2.90. The summed E-state index contributed by atoms with van der Waals surface area (Å²) < 4.78 is 29.4. The number of nitrogens with zero attached hydrogens (tertiary/aromatic N) is 1. The summed E-state index contributed by atoms with van der Waals surface area (Å²) in [5, 5.41) is 3.78. The first kappa shape index (κ1) is 18.5. The van der Waals surface area contributed by atoms with Crippen LogP contribution in [-0.4, -0.2) is 45.0 Å². The number of carbonyl (C=O) groups is 1. The van der Waals surface area contributed by atoms with Crippen LogP contribution in [0.1, 0.15) is 23.1 Å². The van der Waals surface area contributed by atoms with Gasteiger partial charge < -0.3 is 9.73 Å². The summed E-state index contributed by atoms with van der Waals surface area (Å²) in [6.07, 6.45) is 3.62. The Bertz CT molecular complexity index is 840. The molecule has 1 amide bonds. The van der Waals surface area contributed by atoms with Gasteiger partial charge in [0.2, 0.25) is 15.9 Å². The first-order valence-corrected chi connectivity index (χ1v) is 9.69. The van der Waals surface area contributed by atoms with E-state index in [1.807, 2.05) is 26.0 Å². The fraction of sp³-hybridized carbons (Fsp3) is 0.471. The normalized spacial score (nSPS) is 12.0. The number of nitrogens with one attached hydrogen (secondary N) is 1. The minimum absolute atomic E-state index is 0.0991. The van der Waals surface area contributed by atoms with E-state index in [1.54, 1.807) is 6.26 Å². The Labute approximate surface area is 142 Å². The number of fused-ring (bicyclic) bond motifs is 1. The molecule has 7 heteroatoms. The SMILES string of the molecule is Cc1ccc2c(CC(=O)NCCCN(C)S(C)(=O)=O)coc2c1C. The number of furan rings is 1. The summed E-state index contributed by atoms with van der Waals surface area (Å²) in [7, 11) is -1.64. The lowest BCUT2D eigenvalue weighted by molar-refractivity contribution is -0.120. The fourth-order valence-corrected chi connectivity index (χ4v) is 2.92. The first-order chi connectivity index (χ1) is 11.2. The summed E-state index contributed by atoms with van der Waals surface area (Å²) in [5.74, 6) is -0.0991. The van der Waals surface area contributed by atoms with Crippen LogP contribution in [0.25, 0.3) is 11.0 Å². The van der Waals surface area contributed by atoms with Crippen molar-refractivity contribution in [3.8, 4) is 0 Å². The van der Waals surface area contributed by atoms with Crippen molar-refractivity contribution in [1.82, 2.24) is 9.62 Å². The van der Waals surface area contributed by atoms with E-state index in [0.29, 0.717) is 19.5 Å². The predicted molar refractivity (Wildman–Crippen MR) is 94.5 cm³/mol. The van der Waals surface area contributed by atoms with Crippen molar-refractivity contribution >= 4 is 26.9 Å². The Kier molecular flexibility index (Phi) is 5.66. The lowest BCUT2D eigenvalue weighted by Gasteiger charge is -2.13. The van der Waals surface area contributed by atoms with Gasteiger partial charge in [-0.1, -0.05) is 12.1 Å². The molecule has 0 radical (unpaired) electrons. The van der Waals surface area contributed by atoms with E-state index in [1.165, 1.54) is 17.6 Å². The highest BCUT2D eigenvalue weighted by molar-refractivity contribution is 7.88. The van der Waals surface area contributed by atoms with Crippen LogP contribution >= 0.6 is 0 Å². The number of benzene rings is 1. The molecule has 1 aromatic heterocycles. The van der Waals surface area contributed by atoms with Crippen molar-refractivity contribution in [2.75, 3.05) is 26.4 Å². The number of rotatable bonds is 7. The summed E-state index contributed by atoms with van der Waals surface area (Å²) in [6.45, 7) is 4.85. The second-order valence-corrected chi connectivity index (χ2v) is 8.20. The molecule has 0 saturated heterocycles. The molecule has 2 aromatic rings. The highest BCUT2D eigenvalue weighted by Gasteiger charge is 2.13. The topological polar surface area (TPSA) is 79.6 Å². The van der Waals surface area contributed by atoms with Crippen LogP contribution in [0.15, 0.2) is 22.8 Å². The lowest BCUT2D eigenvalue weighted by Crippen LogP contribution is -2.31. The van der Waals surface area contributed by atoms with Crippen LogP contribution in [-0.2, 0) is 21.2 Å². The van der Waals surface area contributed by atoms with Crippen molar-refractivity contribution in [3.63, 3.8) is 0 Å². The van der Waals surface area contributed by atoms with E-state index in [9.17, 15) is 13.2 Å². The molecule has 1 heterocycles. The van der Waals surface area contributed by atoms with E-state index in [2.05, 4.69) is 5.32 Å². The van der Waals surface area contributed by atoms with Crippen LogP contribution in [0, 0.1) is 13.8 Å². The van der Waals surface area contributed by atoms with Gasteiger partial charge in [-0.05, 0) is 31.4 Å². The van der Waals surface area contributed by atoms with Gasteiger partial charge in [-0.15, -0.1) is 0 Å². The molecule has 0 aliphatic rings. The predicted octanol–water partition coefficient (Wildman–Crippen LogP) is 1.99. The quantitative estimate of drug-likeness (QED) is 0.773. The van der Waals surface area contributed by atoms with Gasteiger partial charge in [0, 0.05) is 31.1 Å². The summed E-state index contributed by atoms with van der Waals surface area (Å²) >= 11 is 0. The number of hydrogen-bond acceptors (Lipinski definition) is 4. The molecule has 1 N–H and O–H groups in total. The molecule has 132 valence electrons. The third-order valence-electron chi connectivity index (χ3n) is 4.23. The van der Waals surface area contributed by atoms with Gasteiger partial charge in [-0.3, -0.25) is 4.79 Å². The van der Waals surface area contributed by atoms with E-state index < -0.39 is 10.0 Å². The van der Waals surface area contributed by atoms with Crippen molar-refractivity contribution in [2.45, 2.75) is 26.7 Å². The van der Waals surface area contributed by atoms with E-state index in [-0.39, 0.29) is 12.3 Å². The van der Waals surface area contributed by atoms with E-state index in [0.717, 1.165) is 27.7 Å². The third-order valence-corrected chi connectivity index (χ3v) is 5.55. The zero-order valence-corrected chi connectivity index (χ0v) is 15.4. The third kappa shape index (κ3) is 4.36. The van der Waals surface area contributed by atoms with E-state index >= 15 is 0 Å². The smallest absolute Gasteiger partial charge is 0.224 e. The Hall–Kier alpha value is -1.86. The first-order valence-electron chi connectivity index (χ1n) is 7.84. The summed E-state index contributed by atoms with van der Waals surface area (Å²) in [5.41, 5.74) is 3.93. The maximum atomic E-state index is 12.1. The van der Waals surface area contributed by atoms with Gasteiger partial charge in [0.15, 0.2) is 0 Å². The molecule has 0 aliphatic carbocycles. The van der Waals surface area contributed by atoms with Gasteiger partial charge in [0.25, 0.3) is 0 Å². The monoisotopic (exact) mass is 352 g/mol. The number of sulfonamides is 1. The second kappa shape index (κ2) is 7.36. The molecule has 0 unspecified atom stereocenters. The van der Waals surface area contributed by atoms with Crippen molar-refractivity contribution in [2.24, 2.45) is 0 Å². The zero-order valence-electron chi connectivity index (χ0n) is 14.5. The fourth-order valence-electron chi connectivity index (χ4n) is 2.46. The van der Waals surface area contributed by atoms with Crippen molar-refractivity contribution < 1.29 is 17.6 Å². The van der Waals surface area contributed by atoms with Crippen LogP contribution in [0.4, 0.5) is 0 Å². The Morgan fingerprint density at radius 2 is 2.00 bits per heavy atom. The molecule has 0 aliphatic heterocycles. The Morgan fingerprint density at radius 3 is 2.67 bits per heavy atom. The molecule has 6 nitrogen and oxygen atoms in total. The minimum atomic E-state index is -3.17. The molecule has 0 spiro atoms. The van der Waals surface area contributed by atoms with Gasteiger partial charge >= 0.3 is 0 Å². The molecular formula is C17H24N2O4S.